The van der Waals surface area contributed by atoms with E-state index in [2.05, 4.69) is 21.7 Å². The van der Waals surface area contributed by atoms with Crippen molar-refractivity contribution in [3.63, 3.8) is 0 Å². The normalized spacial score (nSPS) is 15.6. The van der Waals surface area contributed by atoms with Crippen molar-refractivity contribution in [1.29, 1.82) is 0 Å². The minimum absolute atomic E-state index is 0.00161. The van der Waals surface area contributed by atoms with Crippen LogP contribution in [0.1, 0.15) is 21.9 Å². The van der Waals surface area contributed by atoms with Crippen molar-refractivity contribution in [3.05, 3.63) is 34.6 Å². The lowest BCUT2D eigenvalue weighted by Gasteiger charge is -2.25. The van der Waals surface area contributed by atoms with Gasteiger partial charge in [0.2, 0.25) is 0 Å². The number of morpholine rings is 1. The number of amides is 1. The number of carbonyl (C=O) groups is 1. The Labute approximate surface area is 121 Å². The second-order valence-electron chi connectivity index (χ2n) is 4.87. The number of aryl methyl sites for hydroxylation is 2. The molecule has 0 bridgehead atoms. The van der Waals surface area contributed by atoms with Crippen LogP contribution >= 0.6 is 11.3 Å². The van der Waals surface area contributed by atoms with Crippen molar-refractivity contribution in [1.82, 2.24) is 14.5 Å². The quantitative estimate of drug-likeness (QED) is 0.850. The average molecular weight is 291 g/mol. The highest BCUT2D eigenvalue weighted by Crippen LogP contribution is 2.21. The fourth-order valence-corrected chi connectivity index (χ4v) is 3.28. The van der Waals surface area contributed by atoms with E-state index in [1.807, 2.05) is 19.2 Å². The van der Waals surface area contributed by atoms with E-state index >= 15 is 0 Å². The van der Waals surface area contributed by atoms with Crippen LogP contribution in [-0.4, -0.2) is 46.7 Å². The number of carbonyl (C=O) groups excluding carboxylic acids is 1. The van der Waals surface area contributed by atoms with Crippen molar-refractivity contribution < 1.29 is 9.53 Å². The van der Waals surface area contributed by atoms with E-state index in [1.54, 1.807) is 4.90 Å². The summed E-state index contributed by atoms with van der Waals surface area (Å²) < 4.78 is 7.34. The van der Waals surface area contributed by atoms with Crippen molar-refractivity contribution in [2.75, 3.05) is 26.3 Å². The van der Waals surface area contributed by atoms with E-state index in [9.17, 15) is 4.79 Å². The van der Waals surface area contributed by atoms with Gasteiger partial charge in [-0.15, -0.1) is 11.3 Å². The van der Waals surface area contributed by atoms with Crippen LogP contribution in [0.5, 0.6) is 0 Å². The summed E-state index contributed by atoms with van der Waals surface area (Å²) in [7, 11) is 0. The number of aromatic nitrogens is 2. The zero-order valence-electron chi connectivity index (χ0n) is 11.6. The van der Waals surface area contributed by atoms with Gasteiger partial charge in [-0.25, -0.2) is 4.98 Å². The van der Waals surface area contributed by atoms with Crippen LogP contribution in [0.2, 0.25) is 0 Å². The minimum atomic E-state index is -0.00161. The van der Waals surface area contributed by atoms with Gasteiger partial charge in [0, 0.05) is 29.9 Å². The second-order valence-corrected chi connectivity index (χ2v) is 5.71. The molecule has 0 atom stereocenters. The number of thiazole rings is 1. The zero-order valence-corrected chi connectivity index (χ0v) is 12.4. The van der Waals surface area contributed by atoms with E-state index < -0.39 is 0 Å². The van der Waals surface area contributed by atoms with Crippen molar-refractivity contribution >= 4 is 17.2 Å². The summed E-state index contributed by atoms with van der Waals surface area (Å²) in [6.45, 7) is 6.59. The Morgan fingerprint density at radius 1 is 1.25 bits per heavy atom. The molecule has 0 N–H and O–H groups in total. The van der Waals surface area contributed by atoms with Crippen molar-refractivity contribution in [3.8, 4) is 5.13 Å². The second kappa shape index (κ2) is 5.38. The molecule has 0 saturated carbocycles. The fraction of sp³-hybridized carbons (Fsp3) is 0.429. The van der Waals surface area contributed by atoms with Crippen LogP contribution in [0.4, 0.5) is 0 Å². The highest BCUT2D eigenvalue weighted by atomic mass is 32.1. The van der Waals surface area contributed by atoms with Crippen molar-refractivity contribution in [2.45, 2.75) is 13.8 Å². The van der Waals surface area contributed by atoms with Gasteiger partial charge in [0.25, 0.3) is 5.91 Å². The van der Waals surface area contributed by atoms with Gasteiger partial charge in [0.05, 0.1) is 13.2 Å². The molecule has 3 rings (SSSR count). The molecule has 1 amide bonds. The summed E-state index contributed by atoms with van der Waals surface area (Å²) in [6.07, 6.45) is 0. The topological polar surface area (TPSA) is 47.4 Å². The monoisotopic (exact) mass is 291 g/mol. The standard InChI is InChI=1S/C14H17N3O2S/c1-10-3-4-11(2)17(10)14-15-12(9-20-14)13(18)16-5-7-19-8-6-16/h3-4,9H,5-8H2,1-2H3. The maximum Gasteiger partial charge on any atom is 0.273 e. The maximum absolute atomic E-state index is 12.4. The molecule has 106 valence electrons. The number of rotatable bonds is 2. The van der Waals surface area contributed by atoms with Crippen LogP contribution in [0.25, 0.3) is 5.13 Å². The van der Waals surface area contributed by atoms with Gasteiger partial charge in [-0.1, -0.05) is 0 Å². The molecule has 0 aliphatic carbocycles. The highest BCUT2D eigenvalue weighted by Gasteiger charge is 2.21. The molecule has 0 aromatic carbocycles. The summed E-state index contributed by atoms with van der Waals surface area (Å²) in [5, 5.41) is 2.69. The molecule has 2 aromatic rings. The Kier molecular flexibility index (Phi) is 3.58. The van der Waals surface area contributed by atoms with E-state index in [0.29, 0.717) is 32.0 Å². The van der Waals surface area contributed by atoms with Crippen LogP contribution in [0.15, 0.2) is 17.5 Å². The van der Waals surface area contributed by atoms with Crippen LogP contribution in [0.3, 0.4) is 0 Å². The summed E-state index contributed by atoms with van der Waals surface area (Å²) in [6, 6.07) is 4.11. The molecule has 5 nitrogen and oxygen atoms in total. The Hall–Kier alpha value is -1.66. The van der Waals surface area contributed by atoms with Gasteiger partial charge in [0.1, 0.15) is 5.69 Å². The molecule has 0 radical (unpaired) electrons. The summed E-state index contributed by atoms with van der Waals surface area (Å²) in [4.78, 5) is 18.7. The lowest BCUT2D eigenvalue weighted by atomic mass is 10.3. The Morgan fingerprint density at radius 3 is 2.55 bits per heavy atom. The van der Waals surface area contributed by atoms with E-state index in [1.165, 1.54) is 11.3 Å². The first-order valence-electron chi connectivity index (χ1n) is 6.64. The predicted octanol–water partition coefficient (Wildman–Crippen LogP) is 2.02. The van der Waals surface area contributed by atoms with Crippen molar-refractivity contribution in [2.24, 2.45) is 0 Å². The maximum atomic E-state index is 12.4. The number of ether oxygens (including phenoxy) is 1. The Morgan fingerprint density at radius 2 is 1.90 bits per heavy atom. The lowest BCUT2D eigenvalue weighted by Crippen LogP contribution is -2.40. The highest BCUT2D eigenvalue weighted by molar-refractivity contribution is 7.12. The molecule has 1 aliphatic heterocycles. The summed E-state index contributed by atoms with van der Waals surface area (Å²) in [5.74, 6) is -0.00161. The first-order valence-corrected chi connectivity index (χ1v) is 7.52. The van der Waals surface area contributed by atoms with E-state index in [4.69, 9.17) is 4.74 Å². The molecule has 20 heavy (non-hydrogen) atoms. The third kappa shape index (κ3) is 2.36. The van der Waals surface area contributed by atoms with Crippen LogP contribution in [-0.2, 0) is 4.74 Å². The summed E-state index contributed by atoms with van der Waals surface area (Å²) in [5.41, 5.74) is 2.78. The minimum Gasteiger partial charge on any atom is -0.378 e. The smallest absolute Gasteiger partial charge is 0.273 e. The number of hydrogen-bond acceptors (Lipinski definition) is 4. The average Bonchev–Trinajstić information content (AvgIpc) is 3.06. The molecule has 0 unspecified atom stereocenters. The van der Waals surface area contributed by atoms with Gasteiger partial charge in [-0.3, -0.25) is 9.36 Å². The first-order chi connectivity index (χ1) is 9.66. The first kappa shape index (κ1) is 13.3. The SMILES string of the molecule is Cc1ccc(C)n1-c1nc(C(=O)N2CCOCC2)cs1. The number of hydrogen-bond donors (Lipinski definition) is 0. The lowest BCUT2D eigenvalue weighted by molar-refractivity contribution is 0.0299. The Balaban J connectivity index is 1.85. The molecule has 2 aromatic heterocycles. The molecule has 3 heterocycles. The molecule has 6 heteroatoms. The summed E-state index contributed by atoms with van der Waals surface area (Å²) >= 11 is 1.50. The fourth-order valence-electron chi connectivity index (χ4n) is 2.36. The third-order valence-corrected chi connectivity index (χ3v) is 4.30. The third-order valence-electron chi connectivity index (χ3n) is 3.47. The predicted molar refractivity (Wildman–Crippen MR) is 77.6 cm³/mol. The zero-order chi connectivity index (χ0) is 14.1. The van der Waals surface area contributed by atoms with Gasteiger partial charge in [-0.2, -0.15) is 0 Å². The van der Waals surface area contributed by atoms with Gasteiger partial charge >= 0.3 is 0 Å². The molecule has 1 aliphatic rings. The van der Waals surface area contributed by atoms with Gasteiger partial charge in [-0.05, 0) is 26.0 Å². The largest absolute Gasteiger partial charge is 0.378 e. The molecule has 0 spiro atoms. The van der Waals surface area contributed by atoms with E-state index in [-0.39, 0.29) is 5.91 Å². The van der Waals surface area contributed by atoms with E-state index in [0.717, 1.165) is 16.5 Å². The molecular formula is C14H17N3O2S. The van der Waals surface area contributed by atoms with Gasteiger partial charge < -0.3 is 9.64 Å². The van der Waals surface area contributed by atoms with Crippen LogP contribution < -0.4 is 0 Å². The molecular weight excluding hydrogens is 274 g/mol. The van der Waals surface area contributed by atoms with Crippen LogP contribution in [0, 0.1) is 13.8 Å². The molecule has 1 fully saturated rings. The molecule has 1 saturated heterocycles. The number of nitrogens with zero attached hydrogens (tertiary/aromatic N) is 3. The Bertz CT molecular complexity index is 607. The van der Waals surface area contributed by atoms with Gasteiger partial charge in [0.15, 0.2) is 5.13 Å².